The van der Waals surface area contributed by atoms with Crippen LogP contribution < -0.4 is 58.6 Å². The Labute approximate surface area is 875 Å². The minimum Gasteiger partial charge on any atom is -0.508 e. The summed E-state index contributed by atoms with van der Waals surface area (Å²) in [4.78, 5) is 78.9. The molecule has 778 valence electrons. The van der Waals surface area contributed by atoms with Gasteiger partial charge in [0.2, 0.25) is 7.37 Å². The summed E-state index contributed by atoms with van der Waals surface area (Å²) in [5.74, 6) is 2.32. The number of aliphatic hydroxyl groups is 1. The molecular formula is C106H126BrN4O27P2S5+. The minimum atomic E-state index is -2.92. The van der Waals surface area contributed by atoms with Gasteiger partial charge in [-0.25, -0.2) is 29.1 Å². The molecule has 0 aliphatic rings. The quantitative estimate of drug-likeness (QED) is 0.0106. The van der Waals surface area contributed by atoms with Crippen molar-refractivity contribution in [2.24, 2.45) is 0 Å². The summed E-state index contributed by atoms with van der Waals surface area (Å²) < 4.78 is 98.3. The number of phenolic OH excluding ortho intramolecular Hbond substituents is 3. The highest BCUT2D eigenvalue weighted by Crippen LogP contribution is 2.41. The van der Waals surface area contributed by atoms with Crippen molar-refractivity contribution >= 4 is 141 Å². The zero-order chi connectivity index (χ0) is 106. The van der Waals surface area contributed by atoms with Crippen LogP contribution in [0.15, 0.2) is 234 Å². The second kappa shape index (κ2) is 65.6. The fourth-order valence-corrected chi connectivity index (χ4v) is 17.4. The average molecular weight is 2190 g/mol. The van der Waals surface area contributed by atoms with Gasteiger partial charge in [-0.3, -0.25) is 14.2 Å². The fourth-order valence-electron chi connectivity index (χ4n) is 12.1. The van der Waals surface area contributed by atoms with Crippen molar-refractivity contribution in [3.05, 3.63) is 296 Å². The highest BCUT2D eigenvalue weighted by Gasteiger charge is 2.22. The monoisotopic (exact) mass is 2190 g/mol. The molecule has 2 unspecified atom stereocenters. The summed E-state index contributed by atoms with van der Waals surface area (Å²) in [5.41, 5.74) is 7.96. The molecule has 2 amide bonds. The molecule has 145 heavy (non-hydrogen) atoms. The molecule has 0 saturated heterocycles. The van der Waals surface area contributed by atoms with E-state index < -0.39 is 39.3 Å². The van der Waals surface area contributed by atoms with E-state index in [1.165, 1.54) is 97.8 Å². The number of carbonyl (C=O) groups excluding carboxylic acids is 5. The second-order valence-electron chi connectivity index (χ2n) is 32.2. The number of halogens is 1. The van der Waals surface area contributed by atoms with Gasteiger partial charge < -0.3 is 97.5 Å². The largest absolute Gasteiger partial charge is 0.508 e. The van der Waals surface area contributed by atoms with Gasteiger partial charge in [0.05, 0.1) is 119 Å². The molecule has 6 aromatic carbocycles. The molecule has 0 fully saturated rings. The third-order valence-electron chi connectivity index (χ3n) is 18.3. The number of carboxylic acids is 1. The van der Waals surface area contributed by atoms with E-state index in [9.17, 15) is 43.0 Å². The zero-order valence-corrected chi connectivity index (χ0v) is 91.3. The third kappa shape index (κ3) is 48.7. The number of aromatic carboxylic acids is 1. The number of phenols is 3. The maximum absolute atomic E-state index is 12.9. The molecule has 39 heteroatoms. The van der Waals surface area contributed by atoms with Crippen molar-refractivity contribution in [2.45, 2.75) is 146 Å². The lowest BCUT2D eigenvalue weighted by atomic mass is 10.2. The number of nitrogens with one attached hydrogen (secondary N) is 2. The summed E-state index contributed by atoms with van der Waals surface area (Å²) in [6.07, 6.45) is 7.02. The van der Waals surface area contributed by atoms with Crippen LogP contribution in [0.1, 0.15) is 173 Å². The normalized spacial score (nSPS) is 11.0. The number of carboxylic acid groups (broad SMARTS) is 1. The van der Waals surface area contributed by atoms with E-state index in [0.29, 0.717) is 125 Å². The molecule has 31 nitrogen and oxygen atoms in total. The molecule has 0 bridgehead atoms. The SMILES string of the molecule is CC(C)Oc1cc(OCCc2ccsc2)cc(C(=O)Nc2ccc(Br)cn2)c1.CC(C)Oc1cc(OCCc2ccsc2)cc(C(=O)O)c1.CCOP(C)(=O)c1ccc(NC(=O)c2cc(OCCc3ccsc3)cc(OC(C)C)c2)nc1.CCO[P+](C)=O.COC(=O)c1cc(O)cc(O)c1.COC(=O)c1cc(O)cc(OC(C)C)c1.COC(=O)c1cc(OCCc2ccsc2)cc(OC(C)C)c1.OCCc1ccsc1. The number of nitrogens with zero attached hydrogens (tertiary/aromatic N) is 2. The van der Waals surface area contributed by atoms with E-state index in [1.54, 1.807) is 156 Å². The van der Waals surface area contributed by atoms with E-state index in [0.717, 1.165) is 42.6 Å². The van der Waals surface area contributed by atoms with Gasteiger partial charge in [0.1, 0.15) is 80.6 Å². The molecule has 7 heterocycles. The number of pyridine rings is 2. The Morgan fingerprint density at radius 2 is 0.690 bits per heavy atom. The molecule has 0 spiro atoms. The topological polar surface area (TPSA) is 417 Å². The van der Waals surface area contributed by atoms with E-state index in [-0.39, 0.29) is 82.9 Å². The van der Waals surface area contributed by atoms with Crippen molar-refractivity contribution in [3.63, 3.8) is 0 Å². The van der Waals surface area contributed by atoms with Crippen LogP contribution in [0, 0.1) is 0 Å². The zero-order valence-electron chi connectivity index (χ0n) is 83.8. The molecule has 7 aromatic heterocycles. The van der Waals surface area contributed by atoms with Crippen molar-refractivity contribution in [1.82, 2.24) is 9.97 Å². The highest BCUT2D eigenvalue weighted by molar-refractivity contribution is 9.10. The van der Waals surface area contributed by atoms with Crippen LogP contribution in [0.4, 0.5) is 11.6 Å². The van der Waals surface area contributed by atoms with Crippen LogP contribution >= 0.6 is 88.0 Å². The van der Waals surface area contributed by atoms with E-state index in [1.807, 2.05) is 121 Å². The Balaban J connectivity index is 0.000000264. The standard InChI is InChI=1S/C24H29N2O5PS.C21H21BrN2O3S.C17H20O4S.C16H18O4S.C11H14O4.C8H8O4.C6H8OS.C3H8O2P/c1-5-30-32(4,28)22-6-7-23(25-15-22)26-24(27)19-12-20(14-21(13-19)31-17(2)3)29-10-8-18-9-11-33-16-18;1-14(2)27-19-10-16(21(25)24-20-4-3-17(22)12-23-20)9-18(11-19)26-7-5-15-6-8-28-13-15;1-12(2)21-16-9-14(17(18)19-3)8-15(10-16)20-6-4-13-5-7-22-11-13;1-11(2)20-15-8-13(16(17)18)7-14(9-15)19-5-3-12-4-6-21-10-12;1-7(2)15-10-5-8(11(13)14-3)4-9(12)6-10;1-12-8(11)5-2-6(9)4-7(10)3-5;7-3-1-6-2-4-8-5-6;1-3-5-6(2)4/h6-7,9,11-17H,5,8,10H2,1-4H3,(H,25,26,27);3-4,6,8-14H,5,7H2,1-2H3,(H,23,24,25);5,7-12H,4,6H2,1-3H3;4,6-11H,3,5H2,1-2H3,(H,17,18);4-7,12H,1-3H3;2-4,9-10H,1H3;2,4-5,7H,1,3H2;3H2,1-2H3/q;;;;;;;+1. The molecule has 0 saturated carbocycles. The van der Waals surface area contributed by atoms with E-state index in [2.05, 4.69) is 102 Å². The number of hydrogen-bond donors (Lipinski definition) is 7. The molecular weight excluding hydrogens is 2060 g/mol. The predicted octanol–water partition coefficient (Wildman–Crippen LogP) is 24.3. The van der Waals surface area contributed by atoms with Crippen molar-refractivity contribution < 1.29 is 129 Å². The first-order chi connectivity index (χ1) is 69.2. The van der Waals surface area contributed by atoms with E-state index >= 15 is 0 Å². The number of carbonyl (C=O) groups is 6. The number of ether oxygens (including phenoxy) is 12. The lowest BCUT2D eigenvalue weighted by Gasteiger charge is -2.15. The Kier molecular flexibility index (Phi) is 54.7. The number of methoxy groups -OCH3 is 3. The smallest absolute Gasteiger partial charge is 0.504 e. The van der Waals surface area contributed by atoms with Crippen LogP contribution in [-0.2, 0) is 64.5 Å². The van der Waals surface area contributed by atoms with E-state index in [4.69, 9.17) is 72.3 Å². The lowest BCUT2D eigenvalue weighted by Crippen LogP contribution is -2.16. The number of hydrogen-bond acceptors (Lipinski definition) is 33. The second-order valence-corrected chi connectivity index (χ2v) is 40.6. The number of anilines is 2. The number of aromatic nitrogens is 2. The summed E-state index contributed by atoms with van der Waals surface area (Å²) in [7, 11) is -0.402. The van der Waals surface area contributed by atoms with Gasteiger partial charge in [-0.1, -0.05) is 0 Å². The Morgan fingerprint density at radius 3 is 0.972 bits per heavy atom. The molecule has 0 aliphatic heterocycles. The van der Waals surface area contributed by atoms with Gasteiger partial charge in [-0.05, 0) is 319 Å². The number of aromatic hydroxyl groups is 3. The minimum absolute atomic E-state index is 0.00916. The van der Waals surface area contributed by atoms with Crippen molar-refractivity contribution in [3.8, 4) is 69.0 Å². The van der Waals surface area contributed by atoms with Gasteiger partial charge in [-0.15, -0.1) is 4.52 Å². The Hall–Kier alpha value is -12.8. The van der Waals surface area contributed by atoms with Gasteiger partial charge >= 0.3 is 31.9 Å². The lowest BCUT2D eigenvalue weighted by molar-refractivity contribution is 0.0591. The first-order valence-corrected chi connectivity index (χ1v) is 54.9. The van der Waals surface area contributed by atoms with Gasteiger partial charge in [0.15, 0.2) is 6.66 Å². The first-order valence-electron chi connectivity index (χ1n) is 45.7. The van der Waals surface area contributed by atoms with Crippen LogP contribution in [0.25, 0.3) is 0 Å². The first kappa shape index (κ1) is 121. The Bertz CT molecular complexity index is 6080. The predicted molar refractivity (Wildman–Crippen MR) is 575 cm³/mol. The maximum Gasteiger partial charge on any atom is 0.504 e. The summed E-state index contributed by atoms with van der Waals surface area (Å²) in [5, 5.41) is 71.5. The molecule has 7 N–H and O–H groups in total. The number of benzene rings is 6. The number of aliphatic hydroxyl groups excluding tert-OH is 1. The molecule has 13 aromatic rings. The molecule has 0 radical (unpaired) electrons. The summed E-state index contributed by atoms with van der Waals surface area (Å²) >= 11 is 11.6. The van der Waals surface area contributed by atoms with Gasteiger partial charge in [0.25, 0.3) is 11.8 Å². The number of rotatable bonds is 41. The summed E-state index contributed by atoms with van der Waals surface area (Å²) in [6.45, 7) is 29.0. The van der Waals surface area contributed by atoms with Crippen LogP contribution in [0.3, 0.4) is 0 Å². The Morgan fingerprint density at radius 1 is 0.393 bits per heavy atom. The van der Waals surface area contributed by atoms with Crippen LogP contribution in [0.2, 0.25) is 0 Å². The van der Waals surface area contributed by atoms with Gasteiger partial charge in [-0.2, -0.15) is 56.7 Å². The van der Waals surface area contributed by atoms with Crippen molar-refractivity contribution in [2.75, 3.05) is 91.5 Å². The van der Waals surface area contributed by atoms with Crippen LogP contribution in [-0.4, -0.2) is 183 Å². The molecule has 0 aliphatic carbocycles. The summed E-state index contributed by atoms with van der Waals surface area (Å²) in [6, 6.07) is 45.2. The van der Waals surface area contributed by atoms with Crippen molar-refractivity contribution in [1.29, 1.82) is 0 Å². The number of thiophene rings is 5. The number of amides is 2. The molecule has 2 atom stereocenters. The maximum atomic E-state index is 12.9. The highest BCUT2D eigenvalue weighted by atomic mass is 79.9. The number of esters is 3. The fraction of sp³-hybridized carbons (Fsp3) is 0.321. The van der Waals surface area contributed by atoms with Crippen LogP contribution in [0.5, 0.6) is 69.0 Å². The van der Waals surface area contributed by atoms with Gasteiger partial charge in [0, 0.05) is 103 Å². The molecule has 13 rings (SSSR count). The third-order valence-corrected chi connectivity index (χ3v) is 25.0. The average Bonchev–Trinajstić information content (AvgIpc) is 1.10.